The Morgan fingerprint density at radius 1 is 1.06 bits per heavy atom. The molecule has 36 heavy (non-hydrogen) atoms. The molecular weight excluding hydrogens is 548 g/mol. The van der Waals surface area contributed by atoms with E-state index in [9.17, 15) is 14.4 Å². The molecule has 7 nitrogen and oxygen atoms in total. The first-order valence-electron chi connectivity index (χ1n) is 11.1. The maximum atomic E-state index is 13.2. The highest BCUT2D eigenvalue weighted by Gasteiger charge is 2.36. The molecule has 1 saturated heterocycles. The minimum absolute atomic E-state index is 0.184. The molecular formula is C27H22BrClN2O5. The van der Waals surface area contributed by atoms with Crippen molar-refractivity contribution in [3.05, 3.63) is 92.4 Å². The average Bonchev–Trinajstić information content (AvgIpc) is 2.85. The second kappa shape index (κ2) is 11.0. The first-order valence-corrected chi connectivity index (χ1v) is 12.2. The van der Waals surface area contributed by atoms with Crippen LogP contribution in [0.1, 0.15) is 23.6 Å². The smallest absolute Gasteiger partial charge is 0.335 e. The van der Waals surface area contributed by atoms with Gasteiger partial charge in [-0.25, -0.2) is 9.69 Å². The number of rotatable bonds is 7. The molecule has 1 aliphatic heterocycles. The van der Waals surface area contributed by atoms with Gasteiger partial charge in [0.2, 0.25) is 0 Å². The van der Waals surface area contributed by atoms with Gasteiger partial charge in [0.25, 0.3) is 11.8 Å². The Morgan fingerprint density at radius 2 is 1.78 bits per heavy atom. The molecule has 0 aliphatic carbocycles. The van der Waals surface area contributed by atoms with E-state index in [4.69, 9.17) is 21.1 Å². The van der Waals surface area contributed by atoms with Gasteiger partial charge >= 0.3 is 6.03 Å². The minimum atomic E-state index is -0.819. The molecule has 184 valence electrons. The summed E-state index contributed by atoms with van der Waals surface area (Å²) in [6.45, 7) is 2.34. The predicted octanol–water partition coefficient (Wildman–Crippen LogP) is 5.77. The first kappa shape index (κ1) is 25.5. The molecule has 1 fully saturated rings. The van der Waals surface area contributed by atoms with E-state index in [1.54, 1.807) is 43.5 Å². The lowest BCUT2D eigenvalue weighted by Gasteiger charge is -2.26. The van der Waals surface area contributed by atoms with Crippen molar-refractivity contribution in [1.29, 1.82) is 0 Å². The van der Waals surface area contributed by atoms with Gasteiger partial charge in [0.1, 0.15) is 17.1 Å². The van der Waals surface area contributed by atoms with Crippen molar-refractivity contribution in [2.75, 3.05) is 18.6 Å². The summed E-state index contributed by atoms with van der Waals surface area (Å²) < 4.78 is 11.7. The van der Waals surface area contributed by atoms with Gasteiger partial charge < -0.3 is 9.47 Å². The van der Waals surface area contributed by atoms with Crippen molar-refractivity contribution in [2.45, 2.75) is 13.3 Å². The SMILES string of the molecule is CCOc1ccc(N2C(=O)NC(=O)/C(=C\c3cc(Br)c(Cc4ccccc4Cl)c(OC)c3)C2=O)cc1. The third-order valence-electron chi connectivity index (χ3n) is 5.54. The third-order valence-corrected chi connectivity index (χ3v) is 6.62. The minimum Gasteiger partial charge on any atom is -0.496 e. The van der Waals surface area contributed by atoms with Crippen LogP contribution in [0.2, 0.25) is 5.02 Å². The molecule has 0 radical (unpaired) electrons. The van der Waals surface area contributed by atoms with Gasteiger partial charge in [-0.15, -0.1) is 0 Å². The highest BCUT2D eigenvalue weighted by Crippen LogP contribution is 2.34. The fraction of sp³-hybridized carbons (Fsp3) is 0.148. The Hall–Kier alpha value is -3.62. The average molecular weight is 570 g/mol. The summed E-state index contributed by atoms with van der Waals surface area (Å²) in [6, 6.07) is 16.7. The molecule has 0 bridgehead atoms. The predicted molar refractivity (Wildman–Crippen MR) is 142 cm³/mol. The van der Waals surface area contributed by atoms with E-state index in [-0.39, 0.29) is 5.57 Å². The second-order valence-corrected chi connectivity index (χ2v) is 9.10. The second-order valence-electron chi connectivity index (χ2n) is 7.84. The fourth-order valence-corrected chi connectivity index (χ4v) is 4.62. The number of hydrogen-bond acceptors (Lipinski definition) is 5. The molecule has 9 heteroatoms. The summed E-state index contributed by atoms with van der Waals surface area (Å²) in [5, 5.41) is 2.87. The summed E-state index contributed by atoms with van der Waals surface area (Å²) in [4.78, 5) is 39.2. The maximum Gasteiger partial charge on any atom is 0.335 e. The molecule has 0 aromatic heterocycles. The number of ether oxygens (including phenoxy) is 2. The number of barbiturate groups is 1. The van der Waals surface area contributed by atoms with Gasteiger partial charge in [-0.2, -0.15) is 0 Å². The van der Waals surface area contributed by atoms with Crippen molar-refractivity contribution in [3.8, 4) is 11.5 Å². The van der Waals surface area contributed by atoms with Crippen molar-refractivity contribution in [3.63, 3.8) is 0 Å². The molecule has 0 spiro atoms. The van der Waals surface area contributed by atoms with Crippen LogP contribution in [0.5, 0.6) is 11.5 Å². The summed E-state index contributed by atoms with van der Waals surface area (Å²) in [5.74, 6) is -0.350. The van der Waals surface area contributed by atoms with Crippen LogP contribution in [0.3, 0.4) is 0 Å². The summed E-state index contributed by atoms with van der Waals surface area (Å²) >= 11 is 9.91. The molecule has 4 amide bonds. The van der Waals surface area contributed by atoms with Crippen LogP contribution in [0.4, 0.5) is 10.5 Å². The van der Waals surface area contributed by atoms with Crippen LogP contribution in [0, 0.1) is 0 Å². The molecule has 1 N–H and O–H groups in total. The summed E-state index contributed by atoms with van der Waals surface area (Å²) in [5.41, 5.74) is 2.46. The van der Waals surface area contributed by atoms with Gasteiger partial charge in [0, 0.05) is 21.5 Å². The number of methoxy groups -OCH3 is 1. The van der Waals surface area contributed by atoms with E-state index in [1.165, 1.54) is 6.08 Å². The van der Waals surface area contributed by atoms with Crippen LogP contribution < -0.4 is 19.7 Å². The number of anilines is 1. The van der Waals surface area contributed by atoms with E-state index >= 15 is 0 Å². The number of nitrogens with one attached hydrogen (secondary N) is 1. The normalized spacial score (nSPS) is 14.7. The molecule has 3 aromatic rings. The highest BCUT2D eigenvalue weighted by molar-refractivity contribution is 9.10. The number of carbonyl (C=O) groups excluding carboxylic acids is 3. The summed E-state index contributed by atoms with van der Waals surface area (Å²) in [6.07, 6.45) is 1.94. The number of amides is 4. The van der Waals surface area contributed by atoms with Crippen molar-refractivity contribution >= 4 is 57.1 Å². The van der Waals surface area contributed by atoms with Crippen LogP contribution >= 0.6 is 27.5 Å². The lowest BCUT2D eigenvalue weighted by atomic mass is 10.0. The van der Waals surface area contributed by atoms with Crippen molar-refractivity contribution in [2.24, 2.45) is 0 Å². The molecule has 0 saturated carbocycles. The molecule has 4 rings (SSSR count). The zero-order valence-corrected chi connectivity index (χ0v) is 21.9. The van der Waals surface area contributed by atoms with Gasteiger partial charge in [-0.1, -0.05) is 45.7 Å². The number of halogens is 2. The van der Waals surface area contributed by atoms with Gasteiger partial charge in [-0.05, 0) is 66.6 Å². The standard InChI is InChI=1S/C27H22BrClN2O5/c1-3-36-19-10-8-18(9-11-19)31-26(33)21(25(32)30-27(31)34)12-16-13-22(28)20(24(14-16)35-2)15-17-6-4-5-7-23(17)29/h4-14H,3,15H2,1-2H3,(H,30,32,34)/b21-12+. The highest BCUT2D eigenvalue weighted by atomic mass is 79.9. The topological polar surface area (TPSA) is 84.9 Å². The lowest BCUT2D eigenvalue weighted by Crippen LogP contribution is -2.54. The monoisotopic (exact) mass is 568 g/mol. The molecule has 3 aromatic carbocycles. The van der Waals surface area contributed by atoms with Crippen LogP contribution in [0.15, 0.2) is 70.7 Å². The van der Waals surface area contributed by atoms with Gasteiger partial charge in [-0.3, -0.25) is 14.9 Å². The number of urea groups is 1. The lowest BCUT2D eigenvalue weighted by molar-refractivity contribution is -0.122. The van der Waals surface area contributed by atoms with Gasteiger partial charge in [0.05, 0.1) is 19.4 Å². The molecule has 1 heterocycles. The molecule has 0 unspecified atom stereocenters. The first-order chi connectivity index (χ1) is 17.3. The zero-order chi connectivity index (χ0) is 25.8. The van der Waals surface area contributed by atoms with E-state index < -0.39 is 17.8 Å². The van der Waals surface area contributed by atoms with Gasteiger partial charge in [0.15, 0.2) is 0 Å². The quantitative estimate of drug-likeness (QED) is 0.289. The van der Waals surface area contributed by atoms with E-state index in [1.807, 2.05) is 31.2 Å². The summed E-state index contributed by atoms with van der Waals surface area (Å²) in [7, 11) is 1.54. The molecule has 1 aliphatic rings. The number of carbonyl (C=O) groups is 3. The fourth-order valence-electron chi connectivity index (χ4n) is 3.82. The Morgan fingerprint density at radius 3 is 2.44 bits per heavy atom. The van der Waals surface area contributed by atoms with Crippen LogP contribution in [-0.4, -0.2) is 31.6 Å². The Bertz CT molecular complexity index is 1370. The number of nitrogens with zero attached hydrogens (tertiary/aromatic N) is 1. The van der Waals surface area contributed by atoms with E-state index in [0.717, 1.165) is 20.5 Å². The van der Waals surface area contributed by atoms with Crippen LogP contribution in [-0.2, 0) is 16.0 Å². The number of imide groups is 2. The van der Waals surface area contributed by atoms with E-state index in [0.29, 0.717) is 40.8 Å². The zero-order valence-electron chi connectivity index (χ0n) is 19.5. The Labute approximate surface area is 221 Å². The Balaban J connectivity index is 1.67. The number of hydrogen-bond donors (Lipinski definition) is 1. The van der Waals surface area contributed by atoms with E-state index in [2.05, 4.69) is 21.2 Å². The third kappa shape index (κ3) is 5.29. The largest absolute Gasteiger partial charge is 0.496 e. The van der Waals surface area contributed by atoms with Crippen molar-refractivity contribution in [1.82, 2.24) is 5.32 Å². The van der Waals surface area contributed by atoms with Crippen LogP contribution in [0.25, 0.3) is 6.08 Å². The number of benzene rings is 3. The molecule has 0 atom stereocenters. The maximum absolute atomic E-state index is 13.2. The Kier molecular flexibility index (Phi) is 7.76. The van der Waals surface area contributed by atoms with Crippen molar-refractivity contribution < 1.29 is 23.9 Å².